The topological polar surface area (TPSA) is 47.8 Å². The summed E-state index contributed by atoms with van der Waals surface area (Å²) in [4.78, 5) is 21.4. The molecule has 2 aromatic heterocycles. The average molecular weight is 348 g/mol. The fraction of sp³-hybridized carbons (Fsp3) is 0.0500. The van der Waals surface area contributed by atoms with Gasteiger partial charge in [0.15, 0.2) is 5.78 Å². The van der Waals surface area contributed by atoms with E-state index in [0.29, 0.717) is 16.5 Å². The number of halogens is 1. The number of hydrogen-bond acceptors (Lipinski definition) is 3. The summed E-state index contributed by atoms with van der Waals surface area (Å²) in [7, 11) is 0. The Morgan fingerprint density at radius 3 is 2.44 bits per heavy atom. The molecule has 0 radical (unpaired) electrons. The molecule has 0 spiro atoms. The third kappa shape index (κ3) is 3.04. The van der Waals surface area contributed by atoms with Gasteiger partial charge in [-0.3, -0.25) is 9.36 Å². The van der Waals surface area contributed by atoms with E-state index >= 15 is 0 Å². The number of ketones is 1. The van der Waals surface area contributed by atoms with Crippen LogP contribution in [0.15, 0.2) is 73.1 Å². The molecular formula is C20H14ClN3O. The smallest absolute Gasteiger partial charge is 0.234 e. The minimum atomic E-state index is 0.0247. The third-order valence-electron chi connectivity index (χ3n) is 4.05. The number of para-hydroxylation sites is 1. The van der Waals surface area contributed by atoms with Crippen LogP contribution in [-0.2, 0) is 6.42 Å². The van der Waals surface area contributed by atoms with E-state index in [1.54, 1.807) is 42.7 Å². The van der Waals surface area contributed by atoms with Gasteiger partial charge in [-0.15, -0.1) is 0 Å². The molecule has 0 aliphatic carbocycles. The van der Waals surface area contributed by atoms with Crippen molar-refractivity contribution in [2.45, 2.75) is 6.42 Å². The van der Waals surface area contributed by atoms with Gasteiger partial charge in [-0.1, -0.05) is 29.8 Å². The second-order valence-corrected chi connectivity index (χ2v) is 6.12. The molecule has 0 aliphatic rings. The Kier molecular flexibility index (Phi) is 4.04. The van der Waals surface area contributed by atoms with Gasteiger partial charge in [0.2, 0.25) is 5.95 Å². The summed E-state index contributed by atoms with van der Waals surface area (Å²) in [6, 6.07) is 18.7. The molecular weight excluding hydrogens is 334 g/mol. The molecule has 0 unspecified atom stereocenters. The van der Waals surface area contributed by atoms with Gasteiger partial charge in [-0.2, -0.15) is 0 Å². The van der Waals surface area contributed by atoms with Crippen molar-refractivity contribution in [3.8, 4) is 5.95 Å². The van der Waals surface area contributed by atoms with E-state index in [1.807, 2.05) is 34.9 Å². The summed E-state index contributed by atoms with van der Waals surface area (Å²) >= 11 is 5.90. The molecule has 4 aromatic rings. The number of Topliss-reactive ketones (excluding diaryl/α,β-unsaturated/α-hetero) is 1. The first kappa shape index (κ1) is 15.5. The number of carbonyl (C=O) groups is 1. The standard InChI is InChI=1S/C20H14ClN3O/c21-16-8-6-14(7-9-16)19(25)13-17-12-15-4-1-2-5-18(15)24(17)20-22-10-3-11-23-20/h1-12H,13H2. The molecule has 4 rings (SSSR count). The van der Waals surface area contributed by atoms with Gasteiger partial charge < -0.3 is 0 Å². The van der Waals surface area contributed by atoms with Gasteiger partial charge in [0.25, 0.3) is 0 Å². The lowest BCUT2D eigenvalue weighted by atomic mass is 10.1. The van der Waals surface area contributed by atoms with Crippen LogP contribution in [0.25, 0.3) is 16.9 Å². The van der Waals surface area contributed by atoms with Crippen LogP contribution in [0.4, 0.5) is 0 Å². The molecule has 0 bridgehead atoms. The predicted octanol–water partition coefficient (Wildman–Crippen LogP) is 4.50. The number of aromatic nitrogens is 3. The Hall–Kier alpha value is -2.98. The summed E-state index contributed by atoms with van der Waals surface area (Å²) in [5.41, 5.74) is 2.47. The maximum Gasteiger partial charge on any atom is 0.234 e. The van der Waals surface area contributed by atoms with Crippen molar-refractivity contribution in [3.05, 3.63) is 89.3 Å². The fourth-order valence-electron chi connectivity index (χ4n) is 2.89. The largest absolute Gasteiger partial charge is 0.294 e. The molecule has 0 atom stereocenters. The quantitative estimate of drug-likeness (QED) is 0.511. The SMILES string of the molecule is O=C(Cc1cc2ccccc2n1-c1ncccn1)c1ccc(Cl)cc1. The van der Waals surface area contributed by atoms with Gasteiger partial charge in [-0.05, 0) is 42.5 Å². The van der Waals surface area contributed by atoms with Crippen LogP contribution in [0.1, 0.15) is 16.1 Å². The molecule has 0 N–H and O–H groups in total. The lowest BCUT2D eigenvalue weighted by molar-refractivity contribution is 0.0991. The van der Waals surface area contributed by atoms with Crippen molar-refractivity contribution >= 4 is 28.3 Å². The van der Waals surface area contributed by atoms with Crippen LogP contribution in [0, 0.1) is 0 Å². The molecule has 0 fully saturated rings. The summed E-state index contributed by atoms with van der Waals surface area (Å²) in [5.74, 6) is 0.583. The highest BCUT2D eigenvalue weighted by molar-refractivity contribution is 6.30. The van der Waals surface area contributed by atoms with Crippen molar-refractivity contribution in [1.82, 2.24) is 14.5 Å². The molecule has 4 nitrogen and oxygen atoms in total. The summed E-state index contributed by atoms with van der Waals surface area (Å²) in [6.07, 6.45) is 3.65. The highest BCUT2D eigenvalue weighted by Gasteiger charge is 2.16. The number of rotatable bonds is 4. The third-order valence-corrected chi connectivity index (χ3v) is 4.30. The minimum absolute atomic E-state index is 0.0247. The highest BCUT2D eigenvalue weighted by atomic mass is 35.5. The summed E-state index contributed by atoms with van der Waals surface area (Å²) in [5, 5.41) is 1.66. The van der Waals surface area contributed by atoms with Gasteiger partial charge in [0.05, 0.1) is 11.9 Å². The maximum absolute atomic E-state index is 12.7. The normalized spacial score (nSPS) is 10.9. The molecule has 25 heavy (non-hydrogen) atoms. The zero-order valence-electron chi connectivity index (χ0n) is 13.3. The summed E-state index contributed by atoms with van der Waals surface area (Å²) < 4.78 is 1.93. The lowest BCUT2D eigenvalue weighted by Gasteiger charge is -2.08. The van der Waals surface area contributed by atoms with Crippen LogP contribution in [-0.4, -0.2) is 20.3 Å². The molecule has 0 amide bonds. The van der Waals surface area contributed by atoms with Crippen LogP contribution in [0.5, 0.6) is 0 Å². The molecule has 0 saturated heterocycles. The Morgan fingerprint density at radius 2 is 1.68 bits per heavy atom. The first-order valence-electron chi connectivity index (χ1n) is 7.88. The number of hydrogen-bond donors (Lipinski definition) is 0. The number of fused-ring (bicyclic) bond motifs is 1. The monoisotopic (exact) mass is 347 g/mol. The van der Waals surface area contributed by atoms with Crippen molar-refractivity contribution in [1.29, 1.82) is 0 Å². The first-order chi connectivity index (χ1) is 12.2. The average Bonchev–Trinajstić information content (AvgIpc) is 3.00. The second-order valence-electron chi connectivity index (χ2n) is 5.69. The molecule has 2 heterocycles. The maximum atomic E-state index is 12.7. The molecule has 0 aliphatic heterocycles. The van der Waals surface area contributed by atoms with Crippen molar-refractivity contribution < 1.29 is 4.79 Å². The number of carbonyl (C=O) groups excluding carboxylic acids is 1. The van der Waals surface area contributed by atoms with E-state index in [4.69, 9.17) is 11.6 Å². The molecule has 5 heteroatoms. The van der Waals surface area contributed by atoms with Crippen LogP contribution in [0.3, 0.4) is 0 Å². The van der Waals surface area contributed by atoms with E-state index < -0.39 is 0 Å². The fourth-order valence-corrected chi connectivity index (χ4v) is 3.01. The van der Waals surface area contributed by atoms with Crippen LogP contribution in [0.2, 0.25) is 5.02 Å². The van der Waals surface area contributed by atoms with E-state index in [-0.39, 0.29) is 12.2 Å². The second kappa shape index (κ2) is 6.49. The number of benzene rings is 2. The minimum Gasteiger partial charge on any atom is -0.294 e. The molecule has 122 valence electrons. The van der Waals surface area contributed by atoms with E-state index in [0.717, 1.165) is 16.6 Å². The Morgan fingerprint density at radius 1 is 0.960 bits per heavy atom. The predicted molar refractivity (Wildman–Crippen MR) is 98.4 cm³/mol. The van der Waals surface area contributed by atoms with Gasteiger partial charge in [0, 0.05) is 34.1 Å². The van der Waals surface area contributed by atoms with Crippen molar-refractivity contribution in [2.24, 2.45) is 0 Å². The van der Waals surface area contributed by atoms with Gasteiger partial charge in [0.1, 0.15) is 0 Å². The first-order valence-corrected chi connectivity index (χ1v) is 8.26. The van der Waals surface area contributed by atoms with E-state index in [1.165, 1.54) is 0 Å². The van der Waals surface area contributed by atoms with Crippen LogP contribution >= 0.6 is 11.6 Å². The Bertz CT molecular complexity index is 1040. The van der Waals surface area contributed by atoms with Crippen molar-refractivity contribution in [3.63, 3.8) is 0 Å². The van der Waals surface area contributed by atoms with E-state index in [9.17, 15) is 4.79 Å². The zero-order chi connectivity index (χ0) is 17.2. The Labute approximate surface area is 149 Å². The molecule has 2 aromatic carbocycles. The van der Waals surface area contributed by atoms with E-state index in [2.05, 4.69) is 9.97 Å². The number of nitrogens with zero attached hydrogens (tertiary/aromatic N) is 3. The van der Waals surface area contributed by atoms with Gasteiger partial charge >= 0.3 is 0 Å². The highest BCUT2D eigenvalue weighted by Crippen LogP contribution is 2.24. The van der Waals surface area contributed by atoms with Crippen molar-refractivity contribution in [2.75, 3.05) is 0 Å². The van der Waals surface area contributed by atoms with Gasteiger partial charge in [-0.25, -0.2) is 9.97 Å². The lowest BCUT2D eigenvalue weighted by Crippen LogP contribution is -2.10. The molecule has 0 saturated carbocycles. The zero-order valence-corrected chi connectivity index (χ0v) is 14.0. The van der Waals surface area contributed by atoms with Crippen LogP contribution < -0.4 is 0 Å². The Balaban J connectivity index is 1.79. The summed E-state index contributed by atoms with van der Waals surface area (Å²) in [6.45, 7) is 0.